The maximum absolute atomic E-state index is 5.01. The van der Waals surface area contributed by atoms with Crippen molar-refractivity contribution in [1.82, 2.24) is 10.2 Å². The zero-order valence-electron chi connectivity index (χ0n) is 7.62. The molecule has 0 saturated carbocycles. The van der Waals surface area contributed by atoms with E-state index in [9.17, 15) is 0 Å². The molecule has 72 valence electrons. The first-order valence-electron chi connectivity index (χ1n) is 4.59. The molecule has 0 bridgehead atoms. The van der Waals surface area contributed by atoms with E-state index in [2.05, 4.69) is 22.0 Å². The largest absolute Gasteiger partial charge is 0.344 e. The van der Waals surface area contributed by atoms with Crippen LogP contribution in [0.5, 0.6) is 0 Å². The summed E-state index contributed by atoms with van der Waals surface area (Å²) >= 11 is 6.59. The van der Waals surface area contributed by atoms with Crippen molar-refractivity contribution in [3.8, 4) is 0 Å². The molecule has 1 fully saturated rings. The molecule has 3 nitrogen and oxygen atoms in total. The summed E-state index contributed by atoms with van der Waals surface area (Å²) in [5.41, 5.74) is 0. The Morgan fingerprint density at radius 3 is 3.08 bits per heavy atom. The number of aromatic nitrogens is 2. The third kappa shape index (κ3) is 1.91. The molecular formula is C8H13N3S2. The van der Waals surface area contributed by atoms with Gasteiger partial charge in [0.05, 0.1) is 0 Å². The van der Waals surface area contributed by atoms with Crippen molar-refractivity contribution in [2.45, 2.75) is 32.2 Å². The van der Waals surface area contributed by atoms with Gasteiger partial charge >= 0.3 is 0 Å². The minimum atomic E-state index is 0.614. The minimum Gasteiger partial charge on any atom is -0.344 e. The van der Waals surface area contributed by atoms with Gasteiger partial charge < -0.3 is 4.90 Å². The topological polar surface area (TPSA) is 31.9 Å². The smallest absolute Gasteiger partial charge is 0.207 e. The predicted octanol–water partition coefficient (Wildman–Crippen LogP) is 2.58. The van der Waals surface area contributed by atoms with Gasteiger partial charge in [-0.1, -0.05) is 11.3 Å². The Morgan fingerprint density at radius 2 is 2.46 bits per heavy atom. The van der Waals surface area contributed by atoms with E-state index in [0.717, 1.165) is 15.6 Å². The molecule has 1 aromatic heterocycles. The van der Waals surface area contributed by atoms with Gasteiger partial charge in [-0.05, 0) is 38.4 Å². The molecule has 1 N–H and O–H groups in total. The van der Waals surface area contributed by atoms with Crippen LogP contribution >= 0.6 is 23.6 Å². The molecule has 1 saturated heterocycles. The number of piperidine rings is 1. The zero-order chi connectivity index (χ0) is 9.26. The summed E-state index contributed by atoms with van der Waals surface area (Å²) in [4.78, 5) is 2.35. The van der Waals surface area contributed by atoms with Crippen LogP contribution in [0.1, 0.15) is 26.2 Å². The fraction of sp³-hybridized carbons (Fsp3) is 0.750. The van der Waals surface area contributed by atoms with Crippen molar-refractivity contribution in [2.75, 3.05) is 11.4 Å². The Labute approximate surface area is 86.8 Å². The average molecular weight is 215 g/mol. The Kier molecular flexibility index (Phi) is 2.64. The SMILES string of the molecule is CC1CCCCN1c1n[nH]c(=S)s1. The number of aromatic amines is 1. The molecule has 1 aliphatic rings. The molecule has 0 aliphatic carbocycles. The molecule has 0 amide bonds. The molecule has 2 rings (SSSR count). The van der Waals surface area contributed by atoms with E-state index in [1.54, 1.807) is 11.3 Å². The van der Waals surface area contributed by atoms with Gasteiger partial charge in [0, 0.05) is 12.6 Å². The van der Waals surface area contributed by atoms with E-state index in [1.165, 1.54) is 19.3 Å². The van der Waals surface area contributed by atoms with E-state index in [1.807, 2.05) is 0 Å². The molecule has 13 heavy (non-hydrogen) atoms. The van der Waals surface area contributed by atoms with Gasteiger partial charge in [0.2, 0.25) is 5.13 Å². The van der Waals surface area contributed by atoms with Gasteiger partial charge in [0.15, 0.2) is 3.95 Å². The first-order valence-corrected chi connectivity index (χ1v) is 5.82. The van der Waals surface area contributed by atoms with Gasteiger partial charge in [-0.2, -0.15) is 0 Å². The van der Waals surface area contributed by atoms with E-state index in [-0.39, 0.29) is 0 Å². The Balaban J connectivity index is 2.19. The summed E-state index contributed by atoms with van der Waals surface area (Å²) in [6.07, 6.45) is 3.89. The van der Waals surface area contributed by atoms with Gasteiger partial charge in [0.1, 0.15) is 0 Å². The monoisotopic (exact) mass is 215 g/mol. The number of hydrogen-bond acceptors (Lipinski definition) is 4. The highest BCUT2D eigenvalue weighted by atomic mass is 32.1. The Bertz CT molecular complexity index is 330. The highest BCUT2D eigenvalue weighted by Crippen LogP contribution is 2.25. The lowest BCUT2D eigenvalue weighted by molar-refractivity contribution is 0.483. The summed E-state index contributed by atoms with van der Waals surface area (Å²) in [6.45, 7) is 3.38. The number of H-pyrrole nitrogens is 1. The number of hydrogen-bond donors (Lipinski definition) is 1. The maximum atomic E-state index is 5.01. The lowest BCUT2D eigenvalue weighted by atomic mass is 10.1. The predicted molar refractivity (Wildman–Crippen MR) is 58.0 cm³/mol. The second kappa shape index (κ2) is 3.75. The zero-order valence-corrected chi connectivity index (χ0v) is 9.25. The molecule has 0 aromatic carbocycles. The maximum Gasteiger partial charge on any atom is 0.207 e. The number of nitrogens with zero attached hydrogens (tertiary/aromatic N) is 2. The van der Waals surface area contributed by atoms with Crippen LogP contribution < -0.4 is 4.90 Å². The van der Waals surface area contributed by atoms with E-state index in [0.29, 0.717) is 6.04 Å². The fourth-order valence-corrected chi connectivity index (χ4v) is 2.73. The van der Waals surface area contributed by atoms with Crippen LogP contribution in [0.3, 0.4) is 0 Å². The third-order valence-electron chi connectivity index (χ3n) is 2.48. The van der Waals surface area contributed by atoms with Crippen LogP contribution in [-0.2, 0) is 0 Å². The molecule has 1 aliphatic heterocycles. The average Bonchev–Trinajstić information content (AvgIpc) is 2.53. The second-order valence-electron chi connectivity index (χ2n) is 3.43. The number of rotatable bonds is 1. The highest BCUT2D eigenvalue weighted by Gasteiger charge is 2.20. The normalized spacial score (nSPS) is 23.5. The van der Waals surface area contributed by atoms with Gasteiger partial charge in [-0.15, -0.1) is 5.10 Å². The Hall–Kier alpha value is -0.420. The van der Waals surface area contributed by atoms with Crippen LogP contribution in [0.15, 0.2) is 0 Å². The summed E-state index contributed by atoms with van der Waals surface area (Å²) in [6, 6.07) is 0.614. The van der Waals surface area contributed by atoms with E-state index >= 15 is 0 Å². The molecular weight excluding hydrogens is 202 g/mol. The lowest BCUT2D eigenvalue weighted by Gasteiger charge is -2.32. The molecule has 1 aromatic rings. The first-order chi connectivity index (χ1) is 6.27. The van der Waals surface area contributed by atoms with Gasteiger partial charge in [0.25, 0.3) is 0 Å². The highest BCUT2D eigenvalue weighted by molar-refractivity contribution is 7.73. The van der Waals surface area contributed by atoms with Crippen molar-refractivity contribution < 1.29 is 0 Å². The van der Waals surface area contributed by atoms with Crippen molar-refractivity contribution >= 4 is 28.7 Å². The van der Waals surface area contributed by atoms with Crippen LogP contribution in [0.25, 0.3) is 0 Å². The number of anilines is 1. The van der Waals surface area contributed by atoms with Crippen molar-refractivity contribution in [1.29, 1.82) is 0 Å². The minimum absolute atomic E-state index is 0.614. The molecule has 2 heterocycles. The molecule has 0 radical (unpaired) electrons. The van der Waals surface area contributed by atoms with Crippen LogP contribution in [0.2, 0.25) is 0 Å². The van der Waals surface area contributed by atoms with E-state index < -0.39 is 0 Å². The van der Waals surface area contributed by atoms with Crippen LogP contribution in [-0.4, -0.2) is 22.8 Å². The summed E-state index contributed by atoms with van der Waals surface area (Å²) in [5.74, 6) is 0. The van der Waals surface area contributed by atoms with Crippen molar-refractivity contribution in [2.24, 2.45) is 0 Å². The summed E-state index contributed by atoms with van der Waals surface area (Å²) < 4.78 is 0.771. The standard InChI is InChI=1S/C8H13N3S2/c1-6-4-2-3-5-11(6)7-9-10-8(12)13-7/h6H,2-5H2,1H3,(H,10,12). The molecule has 0 spiro atoms. The van der Waals surface area contributed by atoms with E-state index in [4.69, 9.17) is 12.2 Å². The quantitative estimate of drug-likeness (QED) is 0.731. The fourth-order valence-electron chi connectivity index (χ4n) is 1.73. The van der Waals surface area contributed by atoms with Gasteiger partial charge in [-0.25, -0.2) is 0 Å². The second-order valence-corrected chi connectivity index (χ2v) is 5.08. The molecule has 5 heteroatoms. The van der Waals surface area contributed by atoms with Crippen molar-refractivity contribution in [3.63, 3.8) is 0 Å². The van der Waals surface area contributed by atoms with Gasteiger partial charge in [-0.3, -0.25) is 5.10 Å². The summed E-state index contributed by atoms with van der Waals surface area (Å²) in [7, 11) is 0. The van der Waals surface area contributed by atoms with Crippen molar-refractivity contribution in [3.05, 3.63) is 3.95 Å². The Morgan fingerprint density at radius 1 is 1.62 bits per heavy atom. The number of nitrogens with one attached hydrogen (secondary N) is 1. The van der Waals surface area contributed by atoms with Crippen LogP contribution in [0.4, 0.5) is 5.13 Å². The third-order valence-corrected chi connectivity index (χ3v) is 3.60. The van der Waals surface area contributed by atoms with Crippen LogP contribution in [0, 0.1) is 3.95 Å². The molecule has 1 unspecified atom stereocenters. The lowest BCUT2D eigenvalue weighted by Crippen LogP contribution is -2.37. The molecule has 1 atom stereocenters. The first kappa shape index (κ1) is 9.15. The summed E-state index contributed by atoms with van der Waals surface area (Å²) in [5, 5.41) is 8.09.